The molecule has 2 heterocycles. The number of nitrogens with one attached hydrogen (secondary N) is 1. The Kier molecular flexibility index (Phi) is 5.83. The Morgan fingerprint density at radius 3 is 2.73 bits per heavy atom. The molecule has 1 aromatic carbocycles. The third-order valence-electron chi connectivity index (χ3n) is 4.39. The predicted molar refractivity (Wildman–Crippen MR) is 96.8 cm³/mol. The van der Waals surface area contributed by atoms with E-state index in [4.69, 9.17) is 4.74 Å². The van der Waals surface area contributed by atoms with Crippen molar-refractivity contribution in [1.82, 2.24) is 15.2 Å². The fourth-order valence-corrected chi connectivity index (χ4v) is 3.99. The summed E-state index contributed by atoms with van der Waals surface area (Å²) in [7, 11) is 1.27. The largest absolute Gasteiger partial charge is 0.494 e. The molecule has 0 atom stereocenters. The summed E-state index contributed by atoms with van der Waals surface area (Å²) >= 11 is 1.06. The van der Waals surface area contributed by atoms with Crippen LogP contribution in [0.3, 0.4) is 0 Å². The first-order valence-electron chi connectivity index (χ1n) is 8.51. The number of carbonyl (C=O) groups is 1. The predicted octanol–water partition coefficient (Wildman–Crippen LogP) is 3.23. The van der Waals surface area contributed by atoms with Gasteiger partial charge in [0, 0.05) is 24.7 Å². The summed E-state index contributed by atoms with van der Waals surface area (Å²) in [4.78, 5) is 19.4. The standard InChI is InChI=1S/C18H21F2N3O2S/c1-11-16(17(24)21-5-8-23-6-3-4-7-23)26-18(22-11)12-9-14(20)15(25-2)10-13(12)19/h9-10H,3-8H2,1-2H3,(H,21,24). The molecule has 140 valence electrons. The highest BCUT2D eigenvalue weighted by Crippen LogP contribution is 2.33. The average Bonchev–Trinajstić information content (AvgIpc) is 3.26. The molecule has 1 N–H and O–H groups in total. The summed E-state index contributed by atoms with van der Waals surface area (Å²) in [5.41, 5.74) is 0.520. The van der Waals surface area contributed by atoms with Crippen LogP contribution < -0.4 is 10.1 Å². The van der Waals surface area contributed by atoms with E-state index in [2.05, 4.69) is 15.2 Å². The number of nitrogens with zero attached hydrogens (tertiary/aromatic N) is 2. The molecule has 1 fully saturated rings. The van der Waals surface area contributed by atoms with Crippen LogP contribution in [0.5, 0.6) is 5.75 Å². The number of carbonyl (C=O) groups excluding carboxylic acids is 1. The molecule has 26 heavy (non-hydrogen) atoms. The first kappa shape index (κ1) is 18.7. The molecule has 1 aliphatic rings. The fourth-order valence-electron chi connectivity index (χ4n) is 2.99. The van der Waals surface area contributed by atoms with E-state index in [0.29, 0.717) is 17.1 Å². The molecule has 0 saturated carbocycles. The minimum absolute atomic E-state index is 0.0208. The number of thiazole rings is 1. The van der Waals surface area contributed by atoms with Crippen LogP contribution >= 0.6 is 11.3 Å². The van der Waals surface area contributed by atoms with E-state index >= 15 is 0 Å². The van der Waals surface area contributed by atoms with Gasteiger partial charge in [-0.25, -0.2) is 13.8 Å². The number of benzene rings is 1. The van der Waals surface area contributed by atoms with Gasteiger partial charge in [-0.15, -0.1) is 11.3 Å². The van der Waals surface area contributed by atoms with E-state index < -0.39 is 11.6 Å². The van der Waals surface area contributed by atoms with Gasteiger partial charge in [0.15, 0.2) is 11.6 Å². The Balaban J connectivity index is 1.72. The second-order valence-corrected chi connectivity index (χ2v) is 7.20. The van der Waals surface area contributed by atoms with Gasteiger partial charge in [0.05, 0.1) is 12.8 Å². The molecule has 2 aromatic rings. The van der Waals surface area contributed by atoms with Crippen LogP contribution in [0.2, 0.25) is 0 Å². The van der Waals surface area contributed by atoms with Gasteiger partial charge in [0.1, 0.15) is 15.7 Å². The second-order valence-electron chi connectivity index (χ2n) is 6.20. The van der Waals surface area contributed by atoms with Crippen LogP contribution in [0, 0.1) is 18.6 Å². The number of likely N-dealkylation sites (tertiary alicyclic amines) is 1. The van der Waals surface area contributed by atoms with Crippen LogP contribution in [0.1, 0.15) is 28.2 Å². The maximum Gasteiger partial charge on any atom is 0.263 e. The van der Waals surface area contributed by atoms with Crippen molar-refractivity contribution in [2.75, 3.05) is 33.3 Å². The van der Waals surface area contributed by atoms with Crippen molar-refractivity contribution in [2.24, 2.45) is 0 Å². The van der Waals surface area contributed by atoms with Gasteiger partial charge in [-0.3, -0.25) is 4.79 Å². The van der Waals surface area contributed by atoms with E-state index in [1.165, 1.54) is 20.0 Å². The zero-order valence-electron chi connectivity index (χ0n) is 14.8. The zero-order chi connectivity index (χ0) is 18.7. The molecule has 0 spiro atoms. The Morgan fingerprint density at radius 1 is 1.31 bits per heavy atom. The van der Waals surface area contributed by atoms with Crippen LogP contribution in [0.15, 0.2) is 12.1 Å². The number of aryl methyl sites for hydroxylation is 1. The topological polar surface area (TPSA) is 54.5 Å². The number of amides is 1. The minimum atomic E-state index is -0.673. The molecule has 3 rings (SSSR count). The molecule has 1 aliphatic heterocycles. The Labute approximate surface area is 155 Å². The molecular weight excluding hydrogens is 360 g/mol. The molecule has 0 radical (unpaired) electrons. The summed E-state index contributed by atoms with van der Waals surface area (Å²) in [6, 6.07) is 2.03. The number of rotatable bonds is 6. The Bertz CT molecular complexity index is 804. The lowest BCUT2D eigenvalue weighted by atomic mass is 10.2. The molecule has 0 bridgehead atoms. The lowest BCUT2D eigenvalue weighted by Crippen LogP contribution is -2.33. The summed E-state index contributed by atoms with van der Waals surface area (Å²) in [5.74, 6) is -1.72. The van der Waals surface area contributed by atoms with E-state index in [1.807, 2.05) is 0 Å². The number of hydrogen-bond donors (Lipinski definition) is 1. The maximum atomic E-state index is 14.2. The van der Waals surface area contributed by atoms with E-state index in [1.54, 1.807) is 6.92 Å². The van der Waals surface area contributed by atoms with Crippen LogP contribution in [-0.2, 0) is 0 Å². The van der Waals surface area contributed by atoms with Gasteiger partial charge in [-0.05, 0) is 38.9 Å². The molecule has 1 aromatic heterocycles. The van der Waals surface area contributed by atoms with Gasteiger partial charge in [-0.1, -0.05) is 0 Å². The van der Waals surface area contributed by atoms with Gasteiger partial charge < -0.3 is 15.0 Å². The fraction of sp³-hybridized carbons (Fsp3) is 0.444. The Hall–Kier alpha value is -2.06. The van der Waals surface area contributed by atoms with Crippen molar-refractivity contribution in [2.45, 2.75) is 19.8 Å². The summed E-state index contributed by atoms with van der Waals surface area (Å²) < 4.78 is 32.9. The van der Waals surface area contributed by atoms with E-state index in [-0.39, 0.29) is 22.2 Å². The van der Waals surface area contributed by atoms with Gasteiger partial charge in [0.2, 0.25) is 0 Å². The summed E-state index contributed by atoms with van der Waals surface area (Å²) in [6.07, 6.45) is 2.41. The van der Waals surface area contributed by atoms with Gasteiger partial charge >= 0.3 is 0 Å². The third kappa shape index (κ3) is 4.02. The SMILES string of the molecule is COc1cc(F)c(-c2nc(C)c(C(=O)NCCN3CCCC3)s2)cc1F. The maximum absolute atomic E-state index is 14.2. The second kappa shape index (κ2) is 8.09. The van der Waals surface area contributed by atoms with Crippen molar-refractivity contribution in [3.8, 4) is 16.3 Å². The van der Waals surface area contributed by atoms with E-state index in [0.717, 1.165) is 43.1 Å². The molecule has 1 saturated heterocycles. The van der Waals surface area contributed by atoms with E-state index in [9.17, 15) is 13.6 Å². The highest BCUT2D eigenvalue weighted by Gasteiger charge is 2.20. The van der Waals surface area contributed by atoms with Crippen molar-refractivity contribution < 1.29 is 18.3 Å². The monoisotopic (exact) mass is 381 g/mol. The first-order chi connectivity index (χ1) is 12.5. The van der Waals surface area contributed by atoms with Gasteiger partial charge in [0.25, 0.3) is 5.91 Å². The molecule has 5 nitrogen and oxygen atoms in total. The van der Waals surface area contributed by atoms with Crippen molar-refractivity contribution >= 4 is 17.2 Å². The van der Waals surface area contributed by atoms with Crippen LogP contribution in [0.25, 0.3) is 10.6 Å². The van der Waals surface area contributed by atoms with Crippen LogP contribution in [-0.4, -0.2) is 49.1 Å². The molecular formula is C18H21F2N3O2S. The number of halogens is 2. The smallest absolute Gasteiger partial charge is 0.263 e. The number of hydrogen-bond acceptors (Lipinski definition) is 5. The van der Waals surface area contributed by atoms with Gasteiger partial charge in [-0.2, -0.15) is 0 Å². The van der Waals surface area contributed by atoms with Crippen molar-refractivity contribution in [1.29, 1.82) is 0 Å². The molecule has 8 heteroatoms. The normalized spacial score (nSPS) is 14.6. The first-order valence-corrected chi connectivity index (χ1v) is 9.32. The number of ether oxygens (including phenoxy) is 1. The Morgan fingerprint density at radius 2 is 2.04 bits per heavy atom. The lowest BCUT2D eigenvalue weighted by Gasteiger charge is -2.14. The number of methoxy groups -OCH3 is 1. The third-order valence-corrected chi connectivity index (χ3v) is 5.58. The van der Waals surface area contributed by atoms with Crippen LogP contribution in [0.4, 0.5) is 8.78 Å². The highest BCUT2D eigenvalue weighted by atomic mass is 32.1. The zero-order valence-corrected chi connectivity index (χ0v) is 15.6. The minimum Gasteiger partial charge on any atom is -0.494 e. The quantitative estimate of drug-likeness (QED) is 0.835. The molecule has 0 aliphatic carbocycles. The lowest BCUT2D eigenvalue weighted by molar-refractivity contribution is 0.0953. The summed E-state index contributed by atoms with van der Waals surface area (Å²) in [6.45, 7) is 5.20. The highest BCUT2D eigenvalue weighted by molar-refractivity contribution is 7.17. The molecule has 0 unspecified atom stereocenters. The van der Waals surface area contributed by atoms with Crippen molar-refractivity contribution in [3.05, 3.63) is 34.3 Å². The van der Waals surface area contributed by atoms with Crippen molar-refractivity contribution in [3.63, 3.8) is 0 Å². The number of aromatic nitrogens is 1. The average molecular weight is 381 g/mol. The summed E-state index contributed by atoms with van der Waals surface area (Å²) in [5, 5.41) is 3.15. The molecule has 1 amide bonds.